The maximum atomic E-state index is 13.5. The summed E-state index contributed by atoms with van der Waals surface area (Å²) >= 11 is 0. The fourth-order valence-electron chi connectivity index (χ4n) is 2.26. The van der Waals surface area contributed by atoms with Crippen LogP contribution in [0.3, 0.4) is 0 Å². The van der Waals surface area contributed by atoms with Crippen molar-refractivity contribution in [1.29, 1.82) is 0 Å². The van der Waals surface area contributed by atoms with Gasteiger partial charge in [0.25, 0.3) is 0 Å². The molecule has 132 valence electrons. The molecule has 2 aromatic rings. The molecule has 0 spiro atoms. The van der Waals surface area contributed by atoms with Crippen LogP contribution in [0.2, 0.25) is 0 Å². The van der Waals surface area contributed by atoms with Crippen LogP contribution >= 0.6 is 0 Å². The zero-order valence-electron chi connectivity index (χ0n) is 13.3. The normalized spacial score (nSPS) is 11.8. The molecule has 7 heteroatoms. The van der Waals surface area contributed by atoms with Crippen molar-refractivity contribution in [3.63, 3.8) is 0 Å². The highest BCUT2D eigenvalue weighted by Crippen LogP contribution is 2.15. The maximum absolute atomic E-state index is 13.5. The summed E-state index contributed by atoms with van der Waals surface area (Å²) in [6.45, 7) is 0.374. The minimum atomic E-state index is -1.18. The first-order chi connectivity index (χ1) is 12.0. The topological polar surface area (TPSA) is 78.4 Å². The highest BCUT2D eigenvalue weighted by atomic mass is 19.1. The number of hydrogen-bond donors (Lipinski definition) is 3. The van der Waals surface area contributed by atoms with E-state index in [-0.39, 0.29) is 12.1 Å². The second-order valence-electron chi connectivity index (χ2n) is 5.46. The Balaban J connectivity index is 1.87. The van der Waals surface area contributed by atoms with Crippen molar-refractivity contribution >= 4 is 17.6 Å². The smallest absolute Gasteiger partial charge is 0.321 e. The number of carboxylic acid groups (broad SMARTS) is 1. The molecule has 2 aromatic carbocycles. The van der Waals surface area contributed by atoms with Crippen LogP contribution in [0.1, 0.15) is 12.0 Å². The number of amides is 1. The second-order valence-corrected chi connectivity index (χ2v) is 5.46. The number of carboxylic acids is 1. The van der Waals surface area contributed by atoms with Crippen molar-refractivity contribution in [3.05, 3.63) is 65.7 Å². The van der Waals surface area contributed by atoms with Crippen molar-refractivity contribution in [3.8, 4) is 0 Å². The van der Waals surface area contributed by atoms with Gasteiger partial charge in [-0.05, 0) is 30.7 Å². The van der Waals surface area contributed by atoms with Gasteiger partial charge in [-0.25, -0.2) is 8.78 Å². The van der Waals surface area contributed by atoms with E-state index in [2.05, 4.69) is 10.6 Å². The standard InChI is InChI=1S/C18H18F2N2O3/c19-13-6-7-15(14(20)10-13)22-17(23)11-16(18(24)25)21-9-8-12-4-2-1-3-5-12/h1-7,10,16,21H,8-9,11H2,(H,22,23)(H,24,25)/t16-/m1/s1. The van der Waals surface area contributed by atoms with Gasteiger partial charge in [0.05, 0.1) is 12.1 Å². The summed E-state index contributed by atoms with van der Waals surface area (Å²) in [4.78, 5) is 23.2. The molecule has 2 rings (SSSR count). The summed E-state index contributed by atoms with van der Waals surface area (Å²) in [6.07, 6.45) is 0.236. The third-order valence-electron chi connectivity index (χ3n) is 3.54. The molecule has 0 aliphatic carbocycles. The average Bonchev–Trinajstić information content (AvgIpc) is 2.57. The van der Waals surface area contributed by atoms with Crippen LogP contribution in [0.5, 0.6) is 0 Å². The zero-order valence-corrected chi connectivity index (χ0v) is 13.3. The molecule has 0 bridgehead atoms. The first-order valence-electron chi connectivity index (χ1n) is 7.70. The summed E-state index contributed by atoms with van der Waals surface area (Å²) < 4.78 is 26.4. The molecule has 0 heterocycles. The molecule has 0 radical (unpaired) electrons. The van der Waals surface area contributed by atoms with Crippen LogP contribution in [0, 0.1) is 11.6 Å². The lowest BCUT2D eigenvalue weighted by molar-refractivity contribution is -0.141. The SMILES string of the molecule is O=C(C[C@@H](NCCc1ccccc1)C(=O)O)Nc1ccc(F)cc1F. The van der Waals surface area contributed by atoms with Gasteiger partial charge in [-0.3, -0.25) is 9.59 Å². The van der Waals surface area contributed by atoms with E-state index in [1.54, 1.807) is 0 Å². The van der Waals surface area contributed by atoms with Crippen LogP contribution in [0.25, 0.3) is 0 Å². The van der Waals surface area contributed by atoms with Gasteiger partial charge in [0, 0.05) is 6.07 Å². The van der Waals surface area contributed by atoms with E-state index in [0.717, 1.165) is 17.7 Å². The number of hydrogen-bond acceptors (Lipinski definition) is 3. The van der Waals surface area contributed by atoms with Gasteiger partial charge in [0.1, 0.15) is 17.7 Å². The van der Waals surface area contributed by atoms with Crippen molar-refractivity contribution in [2.75, 3.05) is 11.9 Å². The molecule has 0 aromatic heterocycles. The fourth-order valence-corrected chi connectivity index (χ4v) is 2.26. The Morgan fingerprint density at radius 2 is 1.80 bits per heavy atom. The van der Waals surface area contributed by atoms with E-state index in [0.29, 0.717) is 19.0 Å². The number of anilines is 1. The minimum Gasteiger partial charge on any atom is -0.480 e. The van der Waals surface area contributed by atoms with Crippen LogP contribution in [-0.2, 0) is 16.0 Å². The fraction of sp³-hybridized carbons (Fsp3) is 0.222. The van der Waals surface area contributed by atoms with Gasteiger partial charge in [0.2, 0.25) is 5.91 Å². The number of benzene rings is 2. The van der Waals surface area contributed by atoms with Crippen molar-refractivity contribution < 1.29 is 23.5 Å². The first kappa shape index (κ1) is 18.5. The lowest BCUT2D eigenvalue weighted by Gasteiger charge is -2.14. The van der Waals surface area contributed by atoms with Crippen molar-refractivity contribution in [1.82, 2.24) is 5.32 Å². The van der Waals surface area contributed by atoms with Gasteiger partial charge in [-0.2, -0.15) is 0 Å². The van der Waals surface area contributed by atoms with E-state index < -0.39 is 29.6 Å². The van der Waals surface area contributed by atoms with Crippen LogP contribution in [0.15, 0.2) is 48.5 Å². The van der Waals surface area contributed by atoms with Gasteiger partial charge >= 0.3 is 5.97 Å². The molecule has 0 saturated carbocycles. The van der Waals surface area contributed by atoms with E-state index in [1.165, 1.54) is 0 Å². The highest BCUT2D eigenvalue weighted by molar-refractivity contribution is 5.94. The number of rotatable bonds is 8. The predicted molar refractivity (Wildman–Crippen MR) is 89.2 cm³/mol. The molecular formula is C18H18F2N2O3. The molecule has 0 aliphatic heterocycles. The Morgan fingerprint density at radius 3 is 2.44 bits per heavy atom. The molecule has 5 nitrogen and oxygen atoms in total. The Labute approximate surface area is 143 Å². The third-order valence-corrected chi connectivity index (χ3v) is 3.54. The van der Waals surface area contributed by atoms with Crippen molar-refractivity contribution in [2.45, 2.75) is 18.9 Å². The second kappa shape index (κ2) is 8.89. The van der Waals surface area contributed by atoms with E-state index in [9.17, 15) is 23.5 Å². The zero-order chi connectivity index (χ0) is 18.2. The first-order valence-corrected chi connectivity index (χ1v) is 7.70. The number of carbonyl (C=O) groups is 2. The molecule has 1 amide bonds. The Kier molecular flexibility index (Phi) is 6.59. The Hall–Kier alpha value is -2.80. The Bertz CT molecular complexity index is 738. The number of halogens is 2. The lowest BCUT2D eigenvalue weighted by Crippen LogP contribution is -2.40. The lowest BCUT2D eigenvalue weighted by atomic mass is 10.1. The van der Waals surface area contributed by atoms with Gasteiger partial charge in [0.15, 0.2) is 0 Å². The van der Waals surface area contributed by atoms with Gasteiger partial charge in [-0.1, -0.05) is 30.3 Å². The molecule has 0 saturated heterocycles. The summed E-state index contributed by atoms with van der Waals surface area (Å²) in [5.41, 5.74) is 0.844. The molecule has 0 unspecified atom stereocenters. The number of carbonyl (C=O) groups excluding carboxylic acids is 1. The van der Waals surface area contributed by atoms with E-state index in [4.69, 9.17) is 0 Å². The van der Waals surface area contributed by atoms with Crippen LogP contribution in [0.4, 0.5) is 14.5 Å². The molecular weight excluding hydrogens is 330 g/mol. The maximum Gasteiger partial charge on any atom is 0.321 e. The summed E-state index contributed by atoms with van der Waals surface area (Å²) in [7, 11) is 0. The summed E-state index contributed by atoms with van der Waals surface area (Å²) in [5, 5.41) is 14.3. The third kappa shape index (κ3) is 5.96. The molecule has 1 atom stereocenters. The summed E-state index contributed by atoms with van der Waals surface area (Å²) in [5.74, 6) is -3.54. The van der Waals surface area contributed by atoms with Crippen LogP contribution in [-0.4, -0.2) is 29.6 Å². The number of aliphatic carboxylic acids is 1. The predicted octanol–water partition coefficient (Wildman–Crippen LogP) is 2.58. The van der Waals surface area contributed by atoms with Crippen molar-refractivity contribution in [2.24, 2.45) is 0 Å². The largest absolute Gasteiger partial charge is 0.480 e. The van der Waals surface area contributed by atoms with E-state index >= 15 is 0 Å². The van der Waals surface area contributed by atoms with Crippen LogP contribution < -0.4 is 10.6 Å². The highest BCUT2D eigenvalue weighted by Gasteiger charge is 2.21. The quantitative estimate of drug-likeness (QED) is 0.685. The molecule has 25 heavy (non-hydrogen) atoms. The monoisotopic (exact) mass is 348 g/mol. The van der Waals surface area contributed by atoms with E-state index in [1.807, 2.05) is 30.3 Å². The average molecular weight is 348 g/mol. The summed E-state index contributed by atoms with van der Waals surface area (Å²) in [6, 6.07) is 11.1. The van der Waals surface area contributed by atoms with Gasteiger partial charge < -0.3 is 15.7 Å². The molecule has 0 fully saturated rings. The molecule has 3 N–H and O–H groups in total. The molecule has 0 aliphatic rings. The number of nitrogens with one attached hydrogen (secondary N) is 2. The Morgan fingerprint density at radius 1 is 1.08 bits per heavy atom. The van der Waals surface area contributed by atoms with Gasteiger partial charge in [-0.15, -0.1) is 0 Å². The minimum absolute atomic E-state index is 0.195.